The van der Waals surface area contributed by atoms with Gasteiger partial charge < -0.3 is 15.0 Å². The zero-order chi connectivity index (χ0) is 15.8. The van der Waals surface area contributed by atoms with Crippen molar-refractivity contribution in [2.75, 3.05) is 6.54 Å². The monoisotopic (exact) mass is 296 g/mol. The average Bonchev–Trinajstić information content (AvgIpc) is 2.55. The Kier molecular flexibility index (Phi) is 4.57. The minimum atomic E-state index is -0.405. The zero-order valence-electron chi connectivity index (χ0n) is 14.5. The quantitative estimate of drug-likeness (QED) is 0.847. The molecule has 2 heterocycles. The van der Waals surface area contributed by atoms with Gasteiger partial charge in [-0.1, -0.05) is 20.8 Å². The molecule has 2 saturated heterocycles. The molecule has 0 radical (unpaired) electrons. The predicted molar refractivity (Wildman–Crippen MR) is 85.4 cm³/mol. The Balaban J connectivity index is 1.92. The molecule has 0 saturated carbocycles. The fraction of sp³-hybridized carbons (Fsp3) is 0.941. The first-order valence-corrected chi connectivity index (χ1v) is 8.30. The highest BCUT2D eigenvalue weighted by Crippen LogP contribution is 2.37. The number of nitrogens with zero attached hydrogens (tertiary/aromatic N) is 1. The van der Waals surface area contributed by atoms with E-state index in [9.17, 15) is 4.79 Å². The number of carbonyl (C=O) groups excluding carboxylic acids is 1. The number of fused-ring (bicyclic) bond motifs is 2. The van der Waals surface area contributed by atoms with E-state index in [0.717, 1.165) is 32.2 Å². The van der Waals surface area contributed by atoms with Gasteiger partial charge in [0.25, 0.3) is 0 Å². The van der Waals surface area contributed by atoms with E-state index in [1.807, 2.05) is 25.7 Å². The van der Waals surface area contributed by atoms with Crippen LogP contribution in [0.2, 0.25) is 0 Å². The van der Waals surface area contributed by atoms with Crippen LogP contribution in [0.5, 0.6) is 0 Å². The number of carbonyl (C=O) groups is 1. The number of amides is 1. The average molecular weight is 296 g/mol. The molecule has 1 amide bonds. The summed E-state index contributed by atoms with van der Waals surface area (Å²) in [5.41, 5.74) is -0.0980. The number of piperidine rings is 1. The lowest BCUT2D eigenvalue weighted by atomic mass is 9.93. The van der Waals surface area contributed by atoms with Crippen molar-refractivity contribution < 1.29 is 9.53 Å². The lowest BCUT2D eigenvalue weighted by Gasteiger charge is -2.40. The highest BCUT2D eigenvalue weighted by molar-refractivity contribution is 5.69. The van der Waals surface area contributed by atoms with Crippen molar-refractivity contribution in [2.24, 2.45) is 5.41 Å². The fourth-order valence-corrected chi connectivity index (χ4v) is 3.41. The maximum Gasteiger partial charge on any atom is 0.410 e. The molecular formula is C17H32N2O2. The minimum Gasteiger partial charge on any atom is -0.444 e. The summed E-state index contributed by atoms with van der Waals surface area (Å²) in [7, 11) is 0. The second-order valence-corrected chi connectivity index (χ2v) is 8.88. The number of rotatable bonds is 2. The molecule has 2 atom stereocenters. The number of hydrogen-bond acceptors (Lipinski definition) is 3. The maximum absolute atomic E-state index is 12.4. The SMILES string of the molecule is CC(C)(C)CNC1CC2CCC(C1)N2C(=O)OC(C)(C)C. The summed E-state index contributed by atoms with van der Waals surface area (Å²) >= 11 is 0. The van der Waals surface area contributed by atoms with E-state index in [1.165, 1.54) is 0 Å². The first-order chi connectivity index (χ1) is 9.55. The lowest BCUT2D eigenvalue weighted by molar-refractivity contribution is 0.00440. The molecule has 0 spiro atoms. The van der Waals surface area contributed by atoms with Crippen LogP contribution in [0.25, 0.3) is 0 Å². The summed E-state index contributed by atoms with van der Waals surface area (Å²) in [6.07, 6.45) is 4.25. The van der Waals surface area contributed by atoms with Crippen molar-refractivity contribution in [3.63, 3.8) is 0 Å². The summed E-state index contributed by atoms with van der Waals surface area (Å²) in [4.78, 5) is 14.4. The summed E-state index contributed by atoms with van der Waals surface area (Å²) in [5, 5.41) is 3.69. The molecule has 21 heavy (non-hydrogen) atoms. The van der Waals surface area contributed by atoms with E-state index in [2.05, 4.69) is 26.1 Å². The molecule has 1 N–H and O–H groups in total. The number of nitrogens with one attached hydrogen (secondary N) is 1. The van der Waals surface area contributed by atoms with Crippen LogP contribution in [-0.4, -0.2) is 41.3 Å². The molecule has 2 bridgehead atoms. The van der Waals surface area contributed by atoms with E-state index >= 15 is 0 Å². The molecular weight excluding hydrogens is 264 g/mol. The number of hydrogen-bond donors (Lipinski definition) is 1. The van der Waals surface area contributed by atoms with Crippen molar-refractivity contribution in [3.8, 4) is 0 Å². The van der Waals surface area contributed by atoms with Crippen LogP contribution in [0.1, 0.15) is 67.2 Å². The molecule has 0 aromatic carbocycles. The Morgan fingerprint density at radius 1 is 1.10 bits per heavy atom. The molecule has 4 heteroatoms. The molecule has 2 rings (SSSR count). The van der Waals surface area contributed by atoms with Gasteiger partial charge in [-0.3, -0.25) is 0 Å². The van der Waals surface area contributed by atoms with Crippen LogP contribution in [0.15, 0.2) is 0 Å². The standard InChI is InChI=1S/C17H32N2O2/c1-16(2,3)11-18-12-9-13-7-8-14(10-12)19(13)15(20)21-17(4,5)6/h12-14,18H,7-11H2,1-6H3. The topological polar surface area (TPSA) is 41.6 Å². The molecule has 2 fully saturated rings. The Hall–Kier alpha value is -0.770. The summed E-state index contributed by atoms with van der Waals surface area (Å²) in [6, 6.07) is 1.26. The summed E-state index contributed by atoms with van der Waals surface area (Å²) < 4.78 is 5.57. The molecule has 4 nitrogen and oxygen atoms in total. The Bertz CT molecular complexity index is 367. The molecule has 122 valence electrons. The summed E-state index contributed by atoms with van der Waals surface area (Å²) in [6.45, 7) is 13.6. The zero-order valence-corrected chi connectivity index (χ0v) is 14.5. The smallest absolute Gasteiger partial charge is 0.410 e. The van der Waals surface area contributed by atoms with Gasteiger partial charge in [-0.15, -0.1) is 0 Å². The Labute approximate surface area is 129 Å². The van der Waals surface area contributed by atoms with Gasteiger partial charge in [-0.2, -0.15) is 0 Å². The molecule has 2 aliphatic rings. The Morgan fingerprint density at radius 2 is 1.62 bits per heavy atom. The van der Waals surface area contributed by atoms with E-state index in [0.29, 0.717) is 23.5 Å². The minimum absolute atomic E-state index is 0.121. The third-order valence-electron chi connectivity index (χ3n) is 4.26. The van der Waals surface area contributed by atoms with Gasteiger partial charge in [0.05, 0.1) is 0 Å². The number of ether oxygens (including phenoxy) is 1. The van der Waals surface area contributed by atoms with Crippen molar-refractivity contribution in [3.05, 3.63) is 0 Å². The van der Waals surface area contributed by atoms with Gasteiger partial charge in [-0.25, -0.2) is 4.79 Å². The first kappa shape index (κ1) is 16.6. The van der Waals surface area contributed by atoms with Crippen LogP contribution in [0.3, 0.4) is 0 Å². The van der Waals surface area contributed by atoms with E-state index in [1.54, 1.807) is 0 Å². The van der Waals surface area contributed by atoms with Gasteiger partial charge in [-0.05, 0) is 51.9 Å². The molecule has 0 aromatic heterocycles. The van der Waals surface area contributed by atoms with Crippen molar-refractivity contribution >= 4 is 6.09 Å². The van der Waals surface area contributed by atoms with Crippen LogP contribution in [-0.2, 0) is 4.74 Å². The molecule has 0 aromatic rings. The fourth-order valence-electron chi connectivity index (χ4n) is 3.41. The highest BCUT2D eigenvalue weighted by atomic mass is 16.6. The van der Waals surface area contributed by atoms with Crippen LogP contribution < -0.4 is 5.32 Å². The van der Waals surface area contributed by atoms with E-state index in [-0.39, 0.29) is 6.09 Å². The molecule has 2 unspecified atom stereocenters. The van der Waals surface area contributed by atoms with Crippen LogP contribution >= 0.6 is 0 Å². The van der Waals surface area contributed by atoms with Crippen molar-refractivity contribution in [1.82, 2.24) is 10.2 Å². The lowest BCUT2D eigenvalue weighted by Crippen LogP contribution is -2.53. The van der Waals surface area contributed by atoms with Gasteiger partial charge in [0.1, 0.15) is 5.60 Å². The van der Waals surface area contributed by atoms with Gasteiger partial charge >= 0.3 is 6.09 Å². The van der Waals surface area contributed by atoms with E-state index in [4.69, 9.17) is 4.74 Å². The second kappa shape index (κ2) is 5.79. The molecule has 0 aliphatic carbocycles. The maximum atomic E-state index is 12.4. The largest absolute Gasteiger partial charge is 0.444 e. The van der Waals surface area contributed by atoms with Crippen molar-refractivity contribution in [1.29, 1.82) is 0 Å². The van der Waals surface area contributed by atoms with Crippen molar-refractivity contribution in [2.45, 2.75) is 91.0 Å². The first-order valence-electron chi connectivity index (χ1n) is 8.30. The van der Waals surface area contributed by atoms with Crippen LogP contribution in [0.4, 0.5) is 4.79 Å². The molecule has 2 aliphatic heterocycles. The Morgan fingerprint density at radius 3 is 2.05 bits per heavy atom. The van der Waals surface area contributed by atoms with Gasteiger partial charge in [0.15, 0.2) is 0 Å². The normalized spacial score (nSPS) is 29.6. The van der Waals surface area contributed by atoms with Gasteiger partial charge in [0, 0.05) is 24.7 Å². The predicted octanol–water partition coefficient (Wildman–Crippen LogP) is 3.55. The second-order valence-electron chi connectivity index (χ2n) is 8.88. The van der Waals surface area contributed by atoms with Gasteiger partial charge in [0.2, 0.25) is 0 Å². The summed E-state index contributed by atoms with van der Waals surface area (Å²) in [5.74, 6) is 0. The van der Waals surface area contributed by atoms with Crippen LogP contribution in [0, 0.1) is 5.41 Å². The van der Waals surface area contributed by atoms with E-state index < -0.39 is 5.60 Å². The highest BCUT2D eigenvalue weighted by Gasteiger charge is 2.44. The third-order valence-corrected chi connectivity index (χ3v) is 4.26. The third kappa shape index (κ3) is 4.60.